The Morgan fingerprint density at radius 3 is 2.84 bits per heavy atom. The van der Waals surface area contributed by atoms with E-state index < -0.39 is 0 Å². The molecule has 0 bridgehead atoms. The first-order valence-electron chi connectivity index (χ1n) is 5.55. The van der Waals surface area contributed by atoms with Gasteiger partial charge in [-0.3, -0.25) is 10.1 Å². The number of benzene rings is 1. The fourth-order valence-corrected chi connectivity index (χ4v) is 2.03. The third-order valence-electron chi connectivity index (χ3n) is 2.50. The molecule has 1 aromatic heterocycles. The van der Waals surface area contributed by atoms with Crippen molar-refractivity contribution in [3.63, 3.8) is 0 Å². The second-order valence-electron chi connectivity index (χ2n) is 3.83. The molecule has 1 aromatic carbocycles. The molecule has 0 saturated carbocycles. The lowest BCUT2D eigenvalue weighted by atomic mass is 10.2. The minimum absolute atomic E-state index is 0.110. The van der Waals surface area contributed by atoms with Crippen molar-refractivity contribution in [3.05, 3.63) is 62.6 Å². The number of nitro groups is 1. The van der Waals surface area contributed by atoms with Crippen LogP contribution in [0.15, 0.2) is 41.3 Å². The highest BCUT2D eigenvalue weighted by atomic mass is 79.9. The molecule has 0 spiro atoms. The summed E-state index contributed by atoms with van der Waals surface area (Å²) in [5, 5.41) is 14.0. The monoisotopic (exact) mass is 322 g/mol. The zero-order chi connectivity index (χ0) is 13.7. The molecule has 7 heteroatoms. The van der Waals surface area contributed by atoms with Gasteiger partial charge in [-0.15, -0.1) is 0 Å². The Kier molecular flexibility index (Phi) is 4.53. The summed E-state index contributed by atoms with van der Waals surface area (Å²) in [7, 11) is 0. The van der Waals surface area contributed by atoms with Gasteiger partial charge in [-0.2, -0.15) is 0 Å². The lowest BCUT2D eigenvalue weighted by Crippen LogP contribution is -2.14. The van der Waals surface area contributed by atoms with Crippen molar-refractivity contribution in [1.29, 1.82) is 0 Å². The Morgan fingerprint density at radius 1 is 1.32 bits per heavy atom. The molecule has 0 aliphatic carbocycles. The van der Waals surface area contributed by atoms with Crippen LogP contribution in [0.4, 0.5) is 5.69 Å². The zero-order valence-electron chi connectivity index (χ0n) is 9.91. The fraction of sp³-hybridized carbons (Fsp3) is 0.167. The smallest absolute Gasteiger partial charge is 0.273 e. The van der Waals surface area contributed by atoms with E-state index in [1.165, 1.54) is 12.4 Å². The lowest BCUT2D eigenvalue weighted by Gasteiger charge is -2.05. The van der Waals surface area contributed by atoms with Gasteiger partial charge in [0.05, 0.1) is 10.6 Å². The quantitative estimate of drug-likeness (QED) is 0.675. The van der Waals surface area contributed by atoms with Crippen molar-refractivity contribution in [2.24, 2.45) is 0 Å². The van der Waals surface area contributed by atoms with Crippen LogP contribution in [0.1, 0.15) is 11.3 Å². The summed E-state index contributed by atoms with van der Waals surface area (Å²) in [5.41, 5.74) is 1.58. The summed E-state index contributed by atoms with van der Waals surface area (Å²) in [6, 6.07) is 6.69. The topological polar surface area (TPSA) is 81.0 Å². The van der Waals surface area contributed by atoms with E-state index in [-0.39, 0.29) is 10.6 Å². The number of halogens is 1. The number of nitrogens with zero attached hydrogens (tertiary/aromatic N) is 3. The van der Waals surface area contributed by atoms with Crippen LogP contribution in [0.3, 0.4) is 0 Å². The number of nitro benzene ring substituents is 1. The highest BCUT2D eigenvalue weighted by molar-refractivity contribution is 9.10. The Morgan fingerprint density at radius 2 is 2.16 bits per heavy atom. The van der Waals surface area contributed by atoms with Gasteiger partial charge in [-0.25, -0.2) is 9.97 Å². The van der Waals surface area contributed by atoms with Crippen molar-refractivity contribution in [2.45, 2.75) is 13.1 Å². The van der Waals surface area contributed by atoms with Gasteiger partial charge >= 0.3 is 0 Å². The lowest BCUT2D eigenvalue weighted by molar-refractivity contribution is -0.385. The predicted octanol–water partition coefficient (Wildman–Crippen LogP) is 2.44. The van der Waals surface area contributed by atoms with E-state index in [2.05, 4.69) is 31.2 Å². The number of hydrogen-bond donors (Lipinski definition) is 1. The second kappa shape index (κ2) is 6.35. The molecular formula is C12H11BrN4O2. The maximum atomic E-state index is 10.9. The van der Waals surface area contributed by atoms with Gasteiger partial charge in [0.1, 0.15) is 6.33 Å². The van der Waals surface area contributed by atoms with Crippen LogP contribution in [-0.2, 0) is 13.1 Å². The van der Waals surface area contributed by atoms with E-state index in [4.69, 9.17) is 0 Å². The van der Waals surface area contributed by atoms with E-state index in [9.17, 15) is 10.1 Å². The van der Waals surface area contributed by atoms with Crippen molar-refractivity contribution < 1.29 is 4.92 Å². The minimum Gasteiger partial charge on any atom is -0.307 e. The molecular weight excluding hydrogens is 312 g/mol. The molecule has 0 saturated heterocycles. The van der Waals surface area contributed by atoms with Crippen molar-refractivity contribution in [3.8, 4) is 0 Å². The van der Waals surface area contributed by atoms with Crippen molar-refractivity contribution in [2.75, 3.05) is 0 Å². The van der Waals surface area contributed by atoms with Crippen LogP contribution in [0.25, 0.3) is 0 Å². The second-order valence-corrected chi connectivity index (χ2v) is 4.75. The summed E-state index contributed by atoms with van der Waals surface area (Å²) < 4.78 is 0.817. The number of hydrogen-bond acceptors (Lipinski definition) is 5. The molecule has 0 amide bonds. The van der Waals surface area contributed by atoms with Gasteiger partial charge in [0.2, 0.25) is 0 Å². The highest BCUT2D eigenvalue weighted by Gasteiger charge is 2.13. The Bertz CT molecular complexity index is 577. The number of rotatable bonds is 5. The molecule has 0 atom stereocenters. The molecule has 0 aliphatic rings. The predicted molar refractivity (Wildman–Crippen MR) is 73.4 cm³/mol. The molecule has 6 nitrogen and oxygen atoms in total. The van der Waals surface area contributed by atoms with Crippen LogP contribution in [0.5, 0.6) is 0 Å². The molecule has 1 N–H and O–H groups in total. The fourth-order valence-electron chi connectivity index (χ4n) is 1.62. The largest absolute Gasteiger partial charge is 0.307 e. The van der Waals surface area contributed by atoms with Gasteiger partial charge in [0, 0.05) is 35.4 Å². The number of nitrogens with one attached hydrogen (secondary N) is 1. The molecule has 2 rings (SSSR count). The average Bonchev–Trinajstić information content (AvgIpc) is 2.39. The summed E-state index contributed by atoms with van der Waals surface area (Å²) >= 11 is 3.31. The van der Waals surface area contributed by atoms with Gasteiger partial charge in [-0.05, 0) is 18.2 Å². The standard InChI is InChI=1S/C12H11BrN4O2/c13-10-1-2-12(17(18)19)9(5-10)6-15-7-11-3-4-14-8-16-11/h1-5,8,15H,6-7H2. The van der Waals surface area contributed by atoms with Crippen LogP contribution < -0.4 is 5.32 Å². The molecule has 0 unspecified atom stereocenters. The summed E-state index contributed by atoms with van der Waals surface area (Å²) in [6.45, 7) is 0.936. The van der Waals surface area contributed by atoms with Crippen molar-refractivity contribution >= 4 is 21.6 Å². The molecule has 19 heavy (non-hydrogen) atoms. The zero-order valence-corrected chi connectivity index (χ0v) is 11.5. The van der Waals surface area contributed by atoms with Gasteiger partial charge in [0.15, 0.2) is 0 Å². The molecule has 0 aliphatic heterocycles. The van der Waals surface area contributed by atoms with E-state index in [0.29, 0.717) is 18.7 Å². The highest BCUT2D eigenvalue weighted by Crippen LogP contribution is 2.22. The first-order chi connectivity index (χ1) is 9.16. The first kappa shape index (κ1) is 13.6. The maximum absolute atomic E-state index is 10.9. The molecule has 0 fully saturated rings. The van der Waals surface area contributed by atoms with E-state index in [0.717, 1.165) is 10.2 Å². The molecule has 2 aromatic rings. The number of aromatic nitrogens is 2. The van der Waals surface area contributed by atoms with E-state index in [1.807, 2.05) is 0 Å². The maximum Gasteiger partial charge on any atom is 0.273 e. The SMILES string of the molecule is O=[N+]([O-])c1ccc(Br)cc1CNCc1ccncn1. The Labute approximate surface area is 118 Å². The van der Waals surface area contributed by atoms with Crippen LogP contribution in [-0.4, -0.2) is 14.9 Å². The van der Waals surface area contributed by atoms with Crippen LogP contribution in [0.2, 0.25) is 0 Å². The summed E-state index contributed by atoms with van der Waals surface area (Å²) in [6.07, 6.45) is 3.13. The van der Waals surface area contributed by atoms with Gasteiger partial charge in [-0.1, -0.05) is 15.9 Å². The van der Waals surface area contributed by atoms with Crippen LogP contribution >= 0.6 is 15.9 Å². The van der Waals surface area contributed by atoms with E-state index >= 15 is 0 Å². The molecule has 1 heterocycles. The minimum atomic E-state index is -0.381. The third kappa shape index (κ3) is 3.80. The first-order valence-corrected chi connectivity index (χ1v) is 6.34. The Balaban J connectivity index is 2.03. The normalized spacial score (nSPS) is 10.4. The summed E-state index contributed by atoms with van der Waals surface area (Å²) in [5.74, 6) is 0. The van der Waals surface area contributed by atoms with Crippen LogP contribution in [0, 0.1) is 10.1 Å². The molecule has 0 radical (unpaired) electrons. The average molecular weight is 323 g/mol. The van der Waals surface area contributed by atoms with Gasteiger partial charge in [0.25, 0.3) is 5.69 Å². The van der Waals surface area contributed by atoms with Crippen molar-refractivity contribution in [1.82, 2.24) is 15.3 Å². The molecule has 98 valence electrons. The Hall–Kier alpha value is -1.86. The summed E-state index contributed by atoms with van der Waals surface area (Å²) in [4.78, 5) is 18.4. The van der Waals surface area contributed by atoms with E-state index in [1.54, 1.807) is 24.4 Å². The third-order valence-corrected chi connectivity index (χ3v) is 3.00. The van der Waals surface area contributed by atoms with Gasteiger partial charge < -0.3 is 5.32 Å².